The van der Waals surface area contributed by atoms with Crippen molar-refractivity contribution in [2.75, 3.05) is 11.4 Å². The molecular weight excluding hydrogens is 328 g/mol. The molecule has 0 saturated carbocycles. The van der Waals surface area contributed by atoms with Crippen molar-refractivity contribution in [2.24, 2.45) is 0 Å². The maximum atomic E-state index is 12.6. The van der Waals surface area contributed by atoms with Gasteiger partial charge < -0.3 is 4.90 Å². The van der Waals surface area contributed by atoms with Gasteiger partial charge in [0.25, 0.3) is 0 Å². The van der Waals surface area contributed by atoms with Gasteiger partial charge in [-0.3, -0.25) is 9.59 Å². The molecule has 1 amide bonds. The Hall–Kier alpha value is -1.66. The molecule has 0 aliphatic carbocycles. The van der Waals surface area contributed by atoms with E-state index in [9.17, 15) is 9.59 Å². The van der Waals surface area contributed by atoms with Gasteiger partial charge in [0.1, 0.15) is 0 Å². The normalized spacial score (nSPS) is 14.7. The summed E-state index contributed by atoms with van der Waals surface area (Å²) in [4.78, 5) is 30.4. The Bertz CT molecular complexity index is 770. The van der Waals surface area contributed by atoms with Crippen molar-refractivity contribution >= 4 is 40.5 Å². The number of carbonyl (C=O) groups is 2. The van der Waals surface area contributed by atoms with Crippen LogP contribution in [-0.2, 0) is 11.2 Å². The number of rotatable bonds is 4. The number of amides is 1. The first kappa shape index (κ1) is 16.2. The fourth-order valence-electron chi connectivity index (χ4n) is 2.71. The van der Waals surface area contributed by atoms with Crippen molar-refractivity contribution in [1.82, 2.24) is 4.98 Å². The molecule has 2 aromatic rings. The van der Waals surface area contributed by atoms with E-state index in [0.29, 0.717) is 12.1 Å². The second-order valence-corrected chi connectivity index (χ2v) is 8.09. The van der Waals surface area contributed by atoms with Crippen LogP contribution >= 0.6 is 23.1 Å². The van der Waals surface area contributed by atoms with Crippen LogP contribution in [0.1, 0.15) is 35.5 Å². The standard InChI is InChI=1S/C17H18N2O2S2/c1-10-9-22-17(18-10)23-11(2)16(21)14-4-5-15-13(8-14)6-7-19(15)12(3)20/h4-5,8-9,11H,6-7H2,1-3H3/t11-/m1/s1. The van der Waals surface area contributed by atoms with E-state index >= 15 is 0 Å². The van der Waals surface area contributed by atoms with E-state index in [4.69, 9.17) is 0 Å². The second kappa shape index (κ2) is 6.45. The Morgan fingerprint density at radius 2 is 2.17 bits per heavy atom. The van der Waals surface area contributed by atoms with E-state index in [1.165, 1.54) is 11.8 Å². The van der Waals surface area contributed by atoms with Crippen molar-refractivity contribution in [2.45, 2.75) is 36.8 Å². The fourth-order valence-corrected chi connectivity index (χ4v) is 4.77. The third-order valence-electron chi connectivity index (χ3n) is 3.88. The highest BCUT2D eigenvalue weighted by atomic mass is 32.2. The smallest absolute Gasteiger partial charge is 0.223 e. The monoisotopic (exact) mass is 346 g/mol. The van der Waals surface area contributed by atoms with Crippen molar-refractivity contribution in [3.63, 3.8) is 0 Å². The molecule has 23 heavy (non-hydrogen) atoms. The van der Waals surface area contributed by atoms with Crippen LogP contribution < -0.4 is 4.90 Å². The molecule has 0 saturated heterocycles. The van der Waals surface area contributed by atoms with Gasteiger partial charge in [0.2, 0.25) is 5.91 Å². The Morgan fingerprint density at radius 3 is 2.83 bits per heavy atom. The molecule has 2 heterocycles. The van der Waals surface area contributed by atoms with Gasteiger partial charge in [-0.25, -0.2) is 4.98 Å². The molecule has 1 atom stereocenters. The number of aromatic nitrogens is 1. The van der Waals surface area contributed by atoms with Gasteiger partial charge in [-0.1, -0.05) is 11.8 Å². The van der Waals surface area contributed by atoms with E-state index < -0.39 is 0 Å². The quantitative estimate of drug-likeness (QED) is 0.625. The van der Waals surface area contributed by atoms with Gasteiger partial charge in [0.05, 0.1) is 5.25 Å². The summed E-state index contributed by atoms with van der Waals surface area (Å²) in [6.07, 6.45) is 0.809. The number of anilines is 1. The largest absolute Gasteiger partial charge is 0.312 e. The number of thiazole rings is 1. The summed E-state index contributed by atoms with van der Waals surface area (Å²) in [7, 11) is 0. The molecule has 0 N–H and O–H groups in total. The molecule has 0 unspecified atom stereocenters. The van der Waals surface area contributed by atoms with E-state index in [-0.39, 0.29) is 16.9 Å². The first-order chi connectivity index (χ1) is 11.0. The fraction of sp³-hybridized carbons (Fsp3) is 0.353. The molecule has 120 valence electrons. The SMILES string of the molecule is CC(=O)N1CCc2cc(C(=O)[C@@H](C)Sc3nc(C)cs3)ccc21. The summed E-state index contributed by atoms with van der Waals surface area (Å²) in [5, 5.41) is 1.81. The maximum Gasteiger partial charge on any atom is 0.223 e. The van der Waals surface area contributed by atoms with Crippen molar-refractivity contribution < 1.29 is 9.59 Å². The van der Waals surface area contributed by atoms with Crippen LogP contribution in [-0.4, -0.2) is 28.5 Å². The Labute approximate surface area is 143 Å². The summed E-state index contributed by atoms with van der Waals surface area (Å²) in [5.41, 5.74) is 3.71. The van der Waals surface area contributed by atoms with Crippen LogP contribution in [0.4, 0.5) is 5.69 Å². The molecule has 6 heteroatoms. The highest BCUT2D eigenvalue weighted by Gasteiger charge is 2.24. The lowest BCUT2D eigenvalue weighted by atomic mass is 10.0. The molecule has 1 aliphatic rings. The third-order valence-corrected chi connectivity index (χ3v) is 6.07. The molecule has 0 fully saturated rings. The van der Waals surface area contributed by atoms with E-state index in [0.717, 1.165) is 27.7 Å². The number of aryl methyl sites for hydroxylation is 1. The molecule has 3 rings (SSSR count). The molecule has 4 nitrogen and oxygen atoms in total. The Balaban J connectivity index is 1.77. The molecule has 1 aliphatic heterocycles. The number of fused-ring (bicyclic) bond motifs is 1. The topological polar surface area (TPSA) is 50.3 Å². The molecule has 0 radical (unpaired) electrons. The van der Waals surface area contributed by atoms with Gasteiger partial charge in [-0.05, 0) is 44.0 Å². The summed E-state index contributed by atoms with van der Waals surface area (Å²) in [6.45, 7) is 6.14. The number of carbonyl (C=O) groups excluding carboxylic acids is 2. The zero-order chi connectivity index (χ0) is 16.6. The van der Waals surface area contributed by atoms with Crippen LogP contribution in [0.15, 0.2) is 27.9 Å². The van der Waals surface area contributed by atoms with Gasteiger partial charge >= 0.3 is 0 Å². The lowest BCUT2D eigenvalue weighted by Gasteiger charge is -2.15. The van der Waals surface area contributed by atoms with Crippen LogP contribution in [0.25, 0.3) is 0 Å². The molecule has 0 spiro atoms. The number of nitrogens with zero attached hydrogens (tertiary/aromatic N) is 2. The number of hydrogen-bond donors (Lipinski definition) is 0. The number of ketones is 1. The van der Waals surface area contributed by atoms with E-state index in [2.05, 4.69) is 4.98 Å². The van der Waals surface area contributed by atoms with E-state index in [1.807, 2.05) is 37.4 Å². The van der Waals surface area contributed by atoms with Crippen LogP contribution in [0.3, 0.4) is 0 Å². The van der Waals surface area contributed by atoms with Gasteiger partial charge in [0, 0.05) is 35.8 Å². The lowest BCUT2D eigenvalue weighted by Crippen LogP contribution is -2.25. The highest BCUT2D eigenvalue weighted by molar-refractivity contribution is 8.02. The number of Topliss-reactive ketones (excluding diaryl/α,β-unsaturated/α-hetero) is 1. The maximum absolute atomic E-state index is 12.6. The average molecular weight is 346 g/mol. The van der Waals surface area contributed by atoms with Crippen LogP contribution in [0.5, 0.6) is 0 Å². The van der Waals surface area contributed by atoms with Gasteiger partial charge in [-0.2, -0.15) is 0 Å². The number of benzene rings is 1. The summed E-state index contributed by atoms with van der Waals surface area (Å²) < 4.78 is 0.923. The zero-order valence-corrected chi connectivity index (χ0v) is 15.0. The highest BCUT2D eigenvalue weighted by Crippen LogP contribution is 2.32. The van der Waals surface area contributed by atoms with Crippen molar-refractivity contribution in [1.29, 1.82) is 0 Å². The average Bonchev–Trinajstić information content (AvgIpc) is 3.11. The predicted octanol–water partition coefficient (Wildman–Crippen LogP) is 3.72. The zero-order valence-electron chi connectivity index (χ0n) is 13.3. The first-order valence-corrected chi connectivity index (χ1v) is 9.25. The Kier molecular flexibility index (Phi) is 4.55. The lowest BCUT2D eigenvalue weighted by molar-refractivity contribution is -0.116. The van der Waals surface area contributed by atoms with Gasteiger partial charge in [0.15, 0.2) is 10.1 Å². The minimum absolute atomic E-state index is 0.0471. The van der Waals surface area contributed by atoms with Gasteiger partial charge in [-0.15, -0.1) is 11.3 Å². The predicted molar refractivity (Wildman–Crippen MR) is 94.7 cm³/mol. The molecule has 1 aromatic heterocycles. The van der Waals surface area contributed by atoms with Crippen molar-refractivity contribution in [3.8, 4) is 0 Å². The minimum atomic E-state index is -0.177. The van der Waals surface area contributed by atoms with E-state index in [1.54, 1.807) is 23.2 Å². The second-order valence-electron chi connectivity index (χ2n) is 5.64. The number of thioether (sulfide) groups is 1. The molecule has 0 bridgehead atoms. The summed E-state index contributed by atoms with van der Waals surface area (Å²) >= 11 is 3.07. The summed E-state index contributed by atoms with van der Waals surface area (Å²) in [6, 6.07) is 5.65. The van der Waals surface area contributed by atoms with Crippen LogP contribution in [0.2, 0.25) is 0 Å². The molecule has 1 aromatic carbocycles. The van der Waals surface area contributed by atoms with Crippen molar-refractivity contribution in [3.05, 3.63) is 40.4 Å². The Morgan fingerprint density at radius 1 is 1.39 bits per heavy atom. The molecular formula is C17H18N2O2S2. The van der Waals surface area contributed by atoms with Crippen LogP contribution in [0, 0.1) is 6.92 Å². The first-order valence-electron chi connectivity index (χ1n) is 7.49. The minimum Gasteiger partial charge on any atom is -0.312 e. The number of hydrogen-bond acceptors (Lipinski definition) is 5. The third kappa shape index (κ3) is 3.33. The summed E-state index contributed by atoms with van der Waals surface area (Å²) in [5.74, 6) is 0.151.